The summed E-state index contributed by atoms with van der Waals surface area (Å²) in [6, 6.07) is 12.0. The van der Waals surface area contributed by atoms with Gasteiger partial charge in [-0.3, -0.25) is 9.78 Å². The predicted molar refractivity (Wildman–Crippen MR) is 117 cm³/mol. The maximum Gasteiger partial charge on any atom is 0.253 e. The van der Waals surface area contributed by atoms with Gasteiger partial charge in [-0.25, -0.2) is 12.8 Å². The van der Waals surface area contributed by atoms with Crippen LogP contribution in [0.5, 0.6) is 0 Å². The maximum absolute atomic E-state index is 13.5. The summed E-state index contributed by atoms with van der Waals surface area (Å²) in [5.74, 6) is -0.655. The highest BCUT2D eigenvalue weighted by Gasteiger charge is 2.30. The van der Waals surface area contributed by atoms with Gasteiger partial charge in [0, 0.05) is 42.8 Å². The van der Waals surface area contributed by atoms with Gasteiger partial charge in [-0.15, -0.1) is 0 Å². The van der Waals surface area contributed by atoms with Crippen molar-refractivity contribution in [3.8, 4) is 0 Å². The van der Waals surface area contributed by atoms with Crippen LogP contribution in [0.1, 0.15) is 22.5 Å². The fourth-order valence-corrected chi connectivity index (χ4v) is 5.69. The summed E-state index contributed by atoms with van der Waals surface area (Å²) in [4.78, 5) is 18.9. The van der Waals surface area contributed by atoms with E-state index in [0.29, 0.717) is 40.1 Å². The first-order chi connectivity index (χ1) is 14.8. The number of carbonyl (C=O) groups is 1. The molecule has 4 rings (SSSR count). The Morgan fingerprint density at radius 3 is 2.55 bits per heavy atom. The Bertz CT molecular complexity index is 1250. The van der Waals surface area contributed by atoms with Crippen LogP contribution < -0.4 is 0 Å². The molecular formula is C22H21ClFN3O3S. The third-order valence-electron chi connectivity index (χ3n) is 5.33. The van der Waals surface area contributed by atoms with E-state index in [4.69, 9.17) is 11.6 Å². The summed E-state index contributed by atoms with van der Waals surface area (Å²) in [6.45, 7) is 2.87. The van der Waals surface area contributed by atoms with E-state index >= 15 is 0 Å². The van der Waals surface area contributed by atoms with Crippen molar-refractivity contribution in [2.75, 3.05) is 26.2 Å². The molecule has 6 nitrogen and oxygen atoms in total. The molecule has 0 saturated carbocycles. The van der Waals surface area contributed by atoms with Crippen LogP contribution in [-0.4, -0.2) is 54.7 Å². The summed E-state index contributed by atoms with van der Waals surface area (Å²) in [7, 11) is -3.84. The van der Waals surface area contributed by atoms with Crippen LogP contribution in [0.25, 0.3) is 10.9 Å². The van der Waals surface area contributed by atoms with Gasteiger partial charge in [0.1, 0.15) is 10.7 Å². The van der Waals surface area contributed by atoms with E-state index in [2.05, 4.69) is 4.98 Å². The number of benzene rings is 2. The highest BCUT2D eigenvalue weighted by atomic mass is 35.5. The first kappa shape index (κ1) is 21.7. The Morgan fingerprint density at radius 2 is 1.81 bits per heavy atom. The monoisotopic (exact) mass is 461 g/mol. The molecule has 1 saturated heterocycles. The Kier molecular flexibility index (Phi) is 5.96. The molecule has 0 radical (unpaired) electrons. The van der Waals surface area contributed by atoms with Crippen molar-refractivity contribution in [3.05, 3.63) is 70.6 Å². The van der Waals surface area contributed by atoms with Crippen LogP contribution in [-0.2, 0) is 10.0 Å². The molecule has 1 aliphatic rings. The predicted octanol–water partition coefficient (Wildman–Crippen LogP) is 3.87. The molecule has 2 heterocycles. The number of rotatable bonds is 3. The molecule has 0 aliphatic carbocycles. The lowest BCUT2D eigenvalue weighted by molar-refractivity contribution is 0.0764. The van der Waals surface area contributed by atoms with Gasteiger partial charge >= 0.3 is 0 Å². The number of aryl methyl sites for hydroxylation is 1. The lowest BCUT2D eigenvalue weighted by Crippen LogP contribution is -2.37. The van der Waals surface area contributed by atoms with Crippen LogP contribution in [0.4, 0.5) is 4.39 Å². The second-order valence-corrected chi connectivity index (χ2v) is 9.77. The topological polar surface area (TPSA) is 70.6 Å². The number of pyridine rings is 1. The minimum Gasteiger partial charge on any atom is -0.337 e. The molecule has 3 aromatic rings. The molecule has 162 valence electrons. The fraction of sp³-hybridized carbons (Fsp3) is 0.273. The average molecular weight is 462 g/mol. The molecule has 31 heavy (non-hydrogen) atoms. The molecule has 1 aromatic heterocycles. The summed E-state index contributed by atoms with van der Waals surface area (Å²) in [5.41, 5.74) is 1.35. The van der Waals surface area contributed by atoms with Gasteiger partial charge in [-0.05, 0) is 49.7 Å². The molecule has 1 fully saturated rings. The number of carbonyl (C=O) groups excluding carboxylic acids is 1. The van der Waals surface area contributed by atoms with Gasteiger partial charge in [-0.2, -0.15) is 4.31 Å². The third-order valence-corrected chi connectivity index (χ3v) is 7.57. The van der Waals surface area contributed by atoms with Crippen LogP contribution >= 0.6 is 11.6 Å². The SMILES string of the molecule is Cc1cc(Cl)c2cccc(S(=O)(=O)N3CCCN(C(=O)c4ccc(F)cc4)CC3)c2n1. The molecule has 0 N–H and O–H groups in total. The maximum atomic E-state index is 13.5. The van der Waals surface area contributed by atoms with E-state index in [1.54, 1.807) is 30.0 Å². The van der Waals surface area contributed by atoms with Gasteiger partial charge in [-0.1, -0.05) is 23.7 Å². The van der Waals surface area contributed by atoms with E-state index in [1.165, 1.54) is 34.6 Å². The third kappa shape index (κ3) is 4.28. The summed E-state index contributed by atoms with van der Waals surface area (Å²) in [6.07, 6.45) is 0.490. The van der Waals surface area contributed by atoms with Crippen LogP contribution in [0, 0.1) is 12.7 Å². The highest BCUT2D eigenvalue weighted by Crippen LogP contribution is 2.30. The molecule has 0 bridgehead atoms. The van der Waals surface area contributed by atoms with Gasteiger partial charge in [0.25, 0.3) is 5.91 Å². The van der Waals surface area contributed by atoms with E-state index in [-0.39, 0.29) is 30.4 Å². The smallest absolute Gasteiger partial charge is 0.253 e. The molecule has 1 aliphatic heterocycles. The largest absolute Gasteiger partial charge is 0.337 e. The first-order valence-corrected chi connectivity index (χ1v) is 11.7. The Labute approximate surface area is 185 Å². The molecular weight excluding hydrogens is 441 g/mol. The average Bonchev–Trinajstić information content (AvgIpc) is 3.00. The quantitative estimate of drug-likeness (QED) is 0.593. The second kappa shape index (κ2) is 8.53. The Balaban J connectivity index is 1.60. The Hall–Kier alpha value is -2.55. The van der Waals surface area contributed by atoms with E-state index in [9.17, 15) is 17.6 Å². The minimum absolute atomic E-state index is 0.105. The lowest BCUT2D eigenvalue weighted by atomic mass is 10.2. The van der Waals surface area contributed by atoms with Crippen molar-refractivity contribution >= 4 is 38.4 Å². The zero-order valence-corrected chi connectivity index (χ0v) is 18.5. The number of amides is 1. The number of halogens is 2. The Morgan fingerprint density at radius 1 is 1.06 bits per heavy atom. The fourth-order valence-electron chi connectivity index (χ4n) is 3.76. The standard InChI is InChI=1S/C22H21ClFN3O3S/c1-15-14-19(23)18-4-2-5-20(21(18)25-15)31(29,30)27-11-3-10-26(12-13-27)22(28)16-6-8-17(24)9-7-16/h2,4-9,14H,3,10-13H2,1H3. The molecule has 2 aromatic carbocycles. The van der Waals surface area contributed by atoms with Crippen LogP contribution in [0.3, 0.4) is 0 Å². The highest BCUT2D eigenvalue weighted by molar-refractivity contribution is 7.89. The van der Waals surface area contributed by atoms with Crippen molar-refractivity contribution in [2.45, 2.75) is 18.2 Å². The van der Waals surface area contributed by atoms with Crippen LogP contribution in [0.2, 0.25) is 5.02 Å². The zero-order valence-electron chi connectivity index (χ0n) is 16.9. The number of aromatic nitrogens is 1. The molecule has 1 amide bonds. The number of fused-ring (bicyclic) bond motifs is 1. The van der Waals surface area contributed by atoms with Gasteiger partial charge in [0.2, 0.25) is 10.0 Å². The van der Waals surface area contributed by atoms with E-state index < -0.39 is 15.8 Å². The van der Waals surface area contributed by atoms with Crippen molar-refractivity contribution in [3.63, 3.8) is 0 Å². The van der Waals surface area contributed by atoms with Crippen molar-refractivity contribution < 1.29 is 17.6 Å². The normalized spacial score (nSPS) is 15.8. The van der Waals surface area contributed by atoms with Crippen molar-refractivity contribution in [2.24, 2.45) is 0 Å². The lowest BCUT2D eigenvalue weighted by Gasteiger charge is -2.22. The van der Waals surface area contributed by atoms with Crippen LogP contribution in [0.15, 0.2) is 53.4 Å². The number of sulfonamides is 1. The minimum atomic E-state index is -3.84. The second-order valence-electron chi connectivity index (χ2n) is 7.45. The van der Waals surface area contributed by atoms with Crippen molar-refractivity contribution in [1.29, 1.82) is 0 Å². The summed E-state index contributed by atoms with van der Waals surface area (Å²) in [5, 5.41) is 1.03. The van der Waals surface area contributed by atoms with Crippen molar-refractivity contribution in [1.82, 2.24) is 14.2 Å². The van der Waals surface area contributed by atoms with E-state index in [1.807, 2.05) is 0 Å². The van der Waals surface area contributed by atoms with E-state index in [0.717, 1.165) is 0 Å². The zero-order chi connectivity index (χ0) is 22.2. The van der Waals surface area contributed by atoms with Gasteiger partial charge in [0.05, 0.1) is 10.5 Å². The van der Waals surface area contributed by atoms with Gasteiger partial charge < -0.3 is 4.90 Å². The van der Waals surface area contributed by atoms with Gasteiger partial charge in [0.15, 0.2) is 0 Å². The number of para-hydroxylation sites is 1. The summed E-state index contributed by atoms with van der Waals surface area (Å²) >= 11 is 6.30. The molecule has 0 spiro atoms. The molecule has 0 atom stereocenters. The molecule has 0 unspecified atom stereocenters. The number of hydrogen-bond acceptors (Lipinski definition) is 4. The summed E-state index contributed by atoms with van der Waals surface area (Å²) < 4.78 is 41.5. The number of hydrogen-bond donors (Lipinski definition) is 0. The number of nitrogens with zero attached hydrogens (tertiary/aromatic N) is 3. The first-order valence-electron chi connectivity index (χ1n) is 9.88. The molecule has 9 heteroatoms.